The third kappa shape index (κ3) is 2.38. The summed E-state index contributed by atoms with van der Waals surface area (Å²) in [5.74, 6) is 1.48. The third-order valence-corrected chi connectivity index (χ3v) is 3.49. The zero-order chi connectivity index (χ0) is 10.8. The standard InChI is InChI=1S/C11H18N2O2/c12-11(15)10(14)6-13-5-9-4-7-1-2-8(9)3-7/h1-2,7-10,13-14H,3-6H2,(H2,12,15). The van der Waals surface area contributed by atoms with Gasteiger partial charge in [-0.1, -0.05) is 12.2 Å². The van der Waals surface area contributed by atoms with Gasteiger partial charge in [-0.3, -0.25) is 4.79 Å². The molecule has 0 heterocycles. The number of nitrogens with one attached hydrogen (secondary N) is 1. The van der Waals surface area contributed by atoms with Crippen LogP contribution < -0.4 is 11.1 Å². The van der Waals surface area contributed by atoms with Crippen LogP contribution in [0.4, 0.5) is 0 Å². The van der Waals surface area contributed by atoms with E-state index < -0.39 is 12.0 Å². The molecular weight excluding hydrogens is 192 g/mol. The van der Waals surface area contributed by atoms with Crippen molar-refractivity contribution < 1.29 is 9.90 Å². The van der Waals surface area contributed by atoms with Crippen LogP contribution in [0.5, 0.6) is 0 Å². The van der Waals surface area contributed by atoms with Crippen molar-refractivity contribution in [2.75, 3.05) is 13.1 Å². The first-order valence-electron chi connectivity index (χ1n) is 5.53. The number of nitrogens with two attached hydrogens (primary N) is 1. The van der Waals surface area contributed by atoms with Crippen LogP contribution in [0.25, 0.3) is 0 Å². The number of carbonyl (C=O) groups excluding carboxylic acids is 1. The quantitative estimate of drug-likeness (QED) is 0.542. The van der Waals surface area contributed by atoms with Crippen LogP contribution in [0.2, 0.25) is 0 Å². The van der Waals surface area contributed by atoms with Gasteiger partial charge in [-0.05, 0) is 37.1 Å². The van der Waals surface area contributed by atoms with Crippen molar-refractivity contribution in [3.63, 3.8) is 0 Å². The molecule has 4 unspecified atom stereocenters. The van der Waals surface area contributed by atoms with Crippen LogP contribution in [0, 0.1) is 17.8 Å². The average molecular weight is 210 g/mol. The Morgan fingerprint density at radius 3 is 2.87 bits per heavy atom. The lowest BCUT2D eigenvalue weighted by molar-refractivity contribution is -0.125. The predicted molar refractivity (Wildman–Crippen MR) is 56.9 cm³/mol. The summed E-state index contributed by atoms with van der Waals surface area (Å²) in [4.78, 5) is 10.6. The van der Waals surface area contributed by atoms with Gasteiger partial charge in [0, 0.05) is 6.54 Å². The summed E-state index contributed by atoms with van der Waals surface area (Å²) < 4.78 is 0. The van der Waals surface area contributed by atoms with E-state index in [1.54, 1.807) is 0 Å². The Balaban J connectivity index is 1.67. The number of hydrogen-bond donors (Lipinski definition) is 3. The molecule has 0 aromatic carbocycles. The summed E-state index contributed by atoms with van der Waals surface area (Å²) in [5.41, 5.74) is 4.95. The Morgan fingerprint density at radius 2 is 2.33 bits per heavy atom. The number of aliphatic hydroxyl groups excluding tert-OH is 1. The highest BCUT2D eigenvalue weighted by Gasteiger charge is 2.35. The zero-order valence-corrected chi connectivity index (χ0v) is 8.73. The molecule has 0 aromatic rings. The fraction of sp³-hybridized carbons (Fsp3) is 0.727. The molecule has 15 heavy (non-hydrogen) atoms. The Hall–Kier alpha value is -0.870. The third-order valence-electron chi connectivity index (χ3n) is 3.49. The van der Waals surface area contributed by atoms with E-state index in [-0.39, 0.29) is 6.54 Å². The molecule has 1 saturated carbocycles. The monoisotopic (exact) mass is 210 g/mol. The number of carbonyl (C=O) groups is 1. The molecule has 1 amide bonds. The summed E-state index contributed by atoms with van der Waals surface area (Å²) in [6.07, 6.45) is 6.06. The number of hydrogen-bond acceptors (Lipinski definition) is 3. The van der Waals surface area contributed by atoms with Crippen molar-refractivity contribution >= 4 is 5.91 Å². The van der Waals surface area contributed by atoms with Crippen LogP contribution in [0.15, 0.2) is 12.2 Å². The number of fused-ring (bicyclic) bond motifs is 2. The van der Waals surface area contributed by atoms with Crippen LogP contribution in [0.1, 0.15) is 12.8 Å². The number of aliphatic hydroxyl groups is 1. The summed E-state index contributed by atoms with van der Waals surface area (Å²) >= 11 is 0. The molecule has 0 spiro atoms. The summed E-state index contributed by atoms with van der Waals surface area (Å²) in [7, 11) is 0. The second-order valence-electron chi connectivity index (χ2n) is 4.62. The van der Waals surface area contributed by atoms with Gasteiger partial charge in [0.05, 0.1) is 0 Å². The van der Waals surface area contributed by atoms with Crippen molar-refractivity contribution in [2.24, 2.45) is 23.5 Å². The second kappa shape index (κ2) is 4.33. The van der Waals surface area contributed by atoms with Gasteiger partial charge in [-0.15, -0.1) is 0 Å². The Morgan fingerprint density at radius 1 is 1.53 bits per heavy atom. The minimum absolute atomic E-state index is 0.271. The van der Waals surface area contributed by atoms with Crippen LogP contribution in [-0.4, -0.2) is 30.2 Å². The Kier molecular flexibility index (Phi) is 3.07. The van der Waals surface area contributed by atoms with E-state index in [0.717, 1.165) is 12.5 Å². The molecule has 4 atom stereocenters. The molecule has 2 bridgehead atoms. The summed E-state index contributed by atoms with van der Waals surface area (Å²) in [6, 6.07) is 0. The van der Waals surface area contributed by atoms with E-state index in [1.165, 1.54) is 12.8 Å². The first-order valence-corrected chi connectivity index (χ1v) is 5.53. The lowest BCUT2D eigenvalue weighted by atomic mass is 9.93. The van der Waals surface area contributed by atoms with E-state index in [0.29, 0.717) is 11.8 Å². The lowest BCUT2D eigenvalue weighted by Gasteiger charge is -2.19. The Labute approximate surface area is 89.5 Å². The molecule has 4 N–H and O–H groups in total. The Bertz CT molecular complexity index is 278. The van der Waals surface area contributed by atoms with Crippen molar-refractivity contribution in [1.82, 2.24) is 5.32 Å². The molecule has 0 saturated heterocycles. The first kappa shape index (κ1) is 10.6. The van der Waals surface area contributed by atoms with Gasteiger partial charge in [-0.2, -0.15) is 0 Å². The average Bonchev–Trinajstić information content (AvgIpc) is 2.78. The molecule has 1 fully saturated rings. The maximum Gasteiger partial charge on any atom is 0.247 e. The van der Waals surface area contributed by atoms with E-state index in [4.69, 9.17) is 5.73 Å². The van der Waals surface area contributed by atoms with Crippen molar-refractivity contribution in [2.45, 2.75) is 18.9 Å². The fourth-order valence-corrected chi connectivity index (χ4v) is 2.64. The lowest BCUT2D eigenvalue weighted by Crippen LogP contribution is -2.39. The van der Waals surface area contributed by atoms with E-state index >= 15 is 0 Å². The molecule has 4 heteroatoms. The van der Waals surface area contributed by atoms with Crippen molar-refractivity contribution in [3.8, 4) is 0 Å². The van der Waals surface area contributed by atoms with Gasteiger partial charge < -0.3 is 16.2 Å². The number of rotatable bonds is 5. The number of allylic oxidation sites excluding steroid dienone is 2. The molecule has 2 aliphatic rings. The molecule has 4 nitrogen and oxygen atoms in total. The fourth-order valence-electron chi connectivity index (χ4n) is 2.64. The maximum absolute atomic E-state index is 10.6. The highest BCUT2D eigenvalue weighted by Crippen LogP contribution is 2.42. The molecule has 2 rings (SSSR count). The van der Waals surface area contributed by atoms with Gasteiger partial charge in [-0.25, -0.2) is 0 Å². The van der Waals surface area contributed by atoms with E-state index in [9.17, 15) is 9.90 Å². The number of primary amides is 1. The van der Waals surface area contributed by atoms with E-state index in [1.807, 2.05) is 0 Å². The summed E-state index contributed by atoms with van der Waals surface area (Å²) in [5, 5.41) is 12.3. The summed E-state index contributed by atoms with van der Waals surface area (Å²) in [6.45, 7) is 1.14. The highest BCUT2D eigenvalue weighted by molar-refractivity contribution is 5.78. The first-order chi connectivity index (χ1) is 7.16. The minimum atomic E-state index is -1.06. The van der Waals surface area contributed by atoms with Gasteiger partial charge in [0.1, 0.15) is 6.10 Å². The van der Waals surface area contributed by atoms with E-state index in [2.05, 4.69) is 17.5 Å². The number of amides is 1. The smallest absolute Gasteiger partial charge is 0.247 e. The molecule has 84 valence electrons. The van der Waals surface area contributed by atoms with Crippen molar-refractivity contribution in [3.05, 3.63) is 12.2 Å². The second-order valence-corrected chi connectivity index (χ2v) is 4.62. The topological polar surface area (TPSA) is 75.4 Å². The molecule has 2 aliphatic carbocycles. The maximum atomic E-state index is 10.6. The largest absolute Gasteiger partial charge is 0.382 e. The van der Waals surface area contributed by atoms with Crippen molar-refractivity contribution in [1.29, 1.82) is 0 Å². The molecule has 0 radical (unpaired) electrons. The molecule has 0 aromatic heterocycles. The zero-order valence-electron chi connectivity index (χ0n) is 8.73. The highest BCUT2D eigenvalue weighted by atomic mass is 16.3. The molecular formula is C11H18N2O2. The molecule has 0 aliphatic heterocycles. The van der Waals surface area contributed by atoms with Gasteiger partial charge in [0.25, 0.3) is 0 Å². The van der Waals surface area contributed by atoms with Gasteiger partial charge >= 0.3 is 0 Å². The SMILES string of the molecule is NC(=O)C(O)CNCC1CC2C=CC1C2. The van der Waals surface area contributed by atoms with Crippen LogP contribution >= 0.6 is 0 Å². The van der Waals surface area contributed by atoms with Crippen LogP contribution in [0.3, 0.4) is 0 Å². The predicted octanol–water partition coefficient (Wildman–Crippen LogP) is -0.366. The van der Waals surface area contributed by atoms with Gasteiger partial charge in [0.15, 0.2) is 0 Å². The minimum Gasteiger partial charge on any atom is -0.382 e. The van der Waals surface area contributed by atoms with Crippen LogP contribution in [-0.2, 0) is 4.79 Å². The normalized spacial score (nSPS) is 34.6. The van der Waals surface area contributed by atoms with Gasteiger partial charge in [0.2, 0.25) is 5.91 Å².